The number of aromatic nitrogens is 1. The molecule has 0 radical (unpaired) electrons. The second kappa shape index (κ2) is 12.7. The summed E-state index contributed by atoms with van der Waals surface area (Å²) >= 11 is 0. The van der Waals surface area contributed by atoms with Crippen molar-refractivity contribution in [2.75, 3.05) is 0 Å². The summed E-state index contributed by atoms with van der Waals surface area (Å²) in [5.74, 6) is -3.97. The maximum Gasteiger partial charge on any atom is 0.405 e. The molecule has 36 heavy (non-hydrogen) atoms. The van der Waals surface area contributed by atoms with Crippen LogP contribution in [0.4, 0.5) is 4.79 Å². The Hall–Kier alpha value is -3.89. The predicted octanol–water partition coefficient (Wildman–Crippen LogP) is 1.46. The number of para-hydroxylation sites is 1. The van der Waals surface area contributed by atoms with Crippen molar-refractivity contribution in [3.05, 3.63) is 36.0 Å². The zero-order valence-corrected chi connectivity index (χ0v) is 21.0. The fraction of sp³-hybridized carbons (Fsp3) is 0.480. The molecule has 1 heterocycles. The second-order valence-corrected chi connectivity index (χ2v) is 9.38. The van der Waals surface area contributed by atoms with Gasteiger partial charge in [-0.3, -0.25) is 19.2 Å². The van der Waals surface area contributed by atoms with Crippen LogP contribution in [-0.2, 0) is 25.6 Å². The normalized spacial score (nSPS) is 14.5. The van der Waals surface area contributed by atoms with Crippen LogP contribution in [0.5, 0.6) is 0 Å². The molecule has 0 bridgehead atoms. The van der Waals surface area contributed by atoms with Crippen LogP contribution in [0, 0.1) is 11.8 Å². The number of amides is 4. The smallest absolute Gasteiger partial charge is 0.405 e. The number of ketones is 1. The summed E-state index contributed by atoms with van der Waals surface area (Å²) in [6.07, 6.45) is -0.664. The van der Waals surface area contributed by atoms with E-state index in [1.165, 1.54) is 0 Å². The molecule has 196 valence electrons. The summed E-state index contributed by atoms with van der Waals surface area (Å²) in [6.45, 7) is 7.13. The molecule has 11 nitrogen and oxygen atoms in total. The lowest BCUT2D eigenvalue weighted by molar-refractivity contribution is -0.142. The number of nitrogens with two attached hydrogens (primary N) is 1. The molecule has 1 aromatic heterocycles. The Kier molecular flexibility index (Phi) is 10.0. The number of benzene rings is 1. The number of fused-ring (bicyclic) bond motifs is 1. The van der Waals surface area contributed by atoms with E-state index in [-0.39, 0.29) is 18.8 Å². The molecule has 0 aliphatic heterocycles. The molecule has 2 rings (SSSR count). The van der Waals surface area contributed by atoms with Gasteiger partial charge in [-0.15, -0.1) is 0 Å². The monoisotopic (exact) mass is 501 g/mol. The van der Waals surface area contributed by atoms with Gasteiger partial charge in [0, 0.05) is 17.6 Å². The van der Waals surface area contributed by atoms with Crippen molar-refractivity contribution in [3.63, 3.8) is 0 Å². The van der Waals surface area contributed by atoms with E-state index in [4.69, 9.17) is 10.8 Å². The van der Waals surface area contributed by atoms with Crippen LogP contribution in [0.3, 0.4) is 0 Å². The van der Waals surface area contributed by atoms with E-state index >= 15 is 0 Å². The largest absolute Gasteiger partial charge is 0.465 e. The second-order valence-electron chi connectivity index (χ2n) is 9.38. The Morgan fingerprint density at radius 2 is 1.67 bits per heavy atom. The van der Waals surface area contributed by atoms with Crippen LogP contribution in [0.15, 0.2) is 30.3 Å². The molecule has 7 N–H and O–H groups in total. The van der Waals surface area contributed by atoms with Gasteiger partial charge in [-0.25, -0.2) is 4.79 Å². The van der Waals surface area contributed by atoms with Crippen LogP contribution in [0.1, 0.15) is 46.2 Å². The highest BCUT2D eigenvalue weighted by atomic mass is 16.4. The zero-order chi connectivity index (χ0) is 27.0. The van der Waals surface area contributed by atoms with E-state index in [0.717, 1.165) is 10.9 Å². The number of hydrogen-bond acceptors (Lipinski definition) is 5. The summed E-state index contributed by atoms with van der Waals surface area (Å²) in [5.41, 5.74) is 6.99. The standard InChI is InChI=1S/C25H35N5O6/c1-5-14(4)20(30-23(33)19(10-13(2)3)29-25(35)36)21(31)24(34)28-18(22(26)32)12-16-11-15-8-6-7-9-17(15)27-16/h6-9,11,13-14,18-20,27,29H,5,10,12H2,1-4H3,(H2,26,32)(H,28,34)(H,30,33)(H,35,36)/t14-,18?,19-,20?/m0/s1. The number of primary amides is 1. The molecular formula is C25H35N5O6. The topological polar surface area (TPSA) is 183 Å². The lowest BCUT2D eigenvalue weighted by Crippen LogP contribution is -2.57. The van der Waals surface area contributed by atoms with E-state index in [1.807, 2.05) is 44.2 Å². The van der Waals surface area contributed by atoms with Gasteiger partial charge >= 0.3 is 6.09 Å². The first-order valence-electron chi connectivity index (χ1n) is 11.9. The Morgan fingerprint density at radius 3 is 2.22 bits per heavy atom. The van der Waals surface area contributed by atoms with Gasteiger partial charge in [0.2, 0.25) is 17.6 Å². The van der Waals surface area contributed by atoms with Gasteiger partial charge in [0.05, 0.1) is 6.04 Å². The summed E-state index contributed by atoms with van der Waals surface area (Å²) in [4.78, 5) is 65.1. The van der Waals surface area contributed by atoms with Crippen LogP contribution in [-0.4, -0.2) is 57.8 Å². The quantitative estimate of drug-likeness (QED) is 0.226. The van der Waals surface area contributed by atoms with Gasteiger partial charge in [-0.05, 0) is 35.8 Å². The lowest BCUT2D eigenvalue weighted by atomic mass is 9.93. The Bertz CT molecular complexity index is 1080. The molecule has 4 amide bonds. The number of carbonyl (C=O) groups is 5. The predicted molar refractivity (Wildman–Crippen MR) is 134 cm³/mol. The average Bonchev–Trinajstić information content (AvgIpc) is 3.22. The van der Waals surface area contributed by atoms with Crippen LogP contribution in [0.25, 0.3) is 10.9 Å². The molecule has 2 aromatic rings. The number of rotatable bonds is 13. The minimum absolute atomic E-state index is 0.00499. The van der Waals surface area contributed by atoms with E-state index in [1.54, 1.807) is 13.8 Å². The fourth-order valence-electron chi connectivity index (χ4n) is 3.86. The molecule has 0 aliphatic carbocycles. The van der Waals surface area contributed by atoms with Crippen LogP contribution in [0.2, 0.25) is 0 Å². The minimum atomic E-state index is -1.37. The molecule has 11 heteroatoms. The molecule has 4 atom stereocenters. The summed E-state index contributed by atoms with van der Waals surface area (Å²) in [5, 5.41) is 17.1. The lowest BCUT2D eigenvalue weighted by Gasteiger charge is -2.26. The third-order valence-electron chi connectivity index (χ3n) is 6.00. The SMILES string of the molecule is CC[C@H](C)C(NC(=O)[C@H](CC(C)C)NC(=O)O)C(=O)C(=O)NC(Cc1cc2ccccc2[nH]1)C(N)=O. The van der Waals surface area contributed by atoms with Gasteiger partial charge in [0.15, 0.2) is 0 Å². The highest BCUT2D eigenvalue weighted by Gasteiger charge is 2.35. The molecule has 0 saturated carbocycles. The maximum atomic E-state index is 13.1. The highest BCUT2D eigenvalue weighted by Crippen LogP contribution is 2.16. The molecule has 1 aromatic carbocycles. The molecule has 0 spiro atoms. The van der Waals surface area contributed by atoms with E-state index in [2.05, 4.69) is 20.9 Å². The van der Waals surface area contributed by atoms with Gasteiger partial charge in [-0.1, -0.05) is 52.3 Å². The summed E-state index contributed by atoms with van der Waals surface area (Å²) < 4.78 is 0. The Labute approximate surface area is 209 Å². The first-order valence-corrected chi connectivity index (χ1v) is 11.9. The van der Waals surface area contributed by atoms with Crippen LogP contribution >= 0.6 is 0 Å². The number of nitrogens with one attached hydrogen (secondary N) is 4. The zero-order valence-electron chi connectivity index (χ0n) is 21.0. The minimum Gasteiger partial charge on any atom is -0.465 e. The van der Waals surface area contributed by atoms with Gasteiger partial charge in [-0.2, -0.15) is 0 Å². The third kappa shape index (κ3) is 7.82. The van der Waals surface area contributed by atoms with Gasteiger partial charge < -0.3 is 31.8 Å². The number of aromatic amines is 1. The maximum absolute atomic E-state index is 13.1. The van der Waals surface area contributed by atoms with E-state index in [9.17, 15) is 24.0 Å². The summed E-state index contributed by atoms with van der Waals surface area (Å²) in [7, 11) is 0. The van der Waals surface area contributed by atoms with Crippen molar-refractivity contribution in [2.45, 2.75) is 65.1 Å². The van der Waals surface area contributed by atoms with E-state index < -0.39 is 53.6 Å². The molecular weight excluding hydrogens is 466 g/mol. The van der Waals surface area contributed by atoms with Crippen molar-refractivity contribution in [3.8, 4) is 0 Å². The Balaban J connectivity index is 2.16. The first kappa shape index (κ1) is 28.3. The van der Waals surface area contributed by atoms with Crippen molar-refractivity contribution in [1.82, 2.24) is 20.9 Å². The van der Waals surface area contributed by atoms with Crippen molar-refractivity contribution >= 4 is 40.5 Å². The van der Waals surface area contributed by atoms with E-state index in [0.29, 0.717) is 12.1 Å². The molecule has 0 saturated heterocycles. The summed E-state index contributed by atoms with van der Waals surface area (Å²) in [6, 6.07) is 5.84. The van der Waals surface area contributed by atoms with Gasteiger partial charge in [0.25, 0.3) is 5.91 Å². The number of Topliss-reactive ketones (excluding diaryl/α,β-unsaturated/α-hetero) is 1. The Morgan fingerprint density at radius 1 is 1.00 bits per heavy atom. The van der Waals surface area contributed by atoms with Crippen molar-refractivity contribution < 1.29 is 29.1 Å². The van der Waals surface area contributed by atoms with Crippen molar-refractivity contribution in [2.24, 2.45) is 17.6 Å². The number of H-pyrrole nitrogens is 1. The van der Waals surface area contributed by atoms with Crippen molar-refractivity contribution in [1.29, 1.82) is 0 Å². The molecule has 0 aliphatic rings. The number of carboxylic acid groups (broad SMARTS) is 1. The van der Waals surface area contributed by atoms with Gasteiger partial charge in [0.1, 0.15) is 12.1 Å². The molecule has 2 unspecified atom stereocenters. The number of hydrogen-bond donors (Lipinski definition) is 6. The third-order valence-corrected chi connectivity index (χ3v) is 6.00. The average molecular weight is 502 g/mol. The van der Waals surface area contributed by atoms with Crippen LogP contribution < -0.4 is 21.7 Å². The first-order chi connectivity index (χ1) is 16.9. The fourth-order valence-corrected chi connectivity index (χ4v) is 3.86. The number of carbonyl (C=O) groups excluding carboxylic acids is 4. The molecule has 0 fully saturated rings. The highest BCUT2D eigenvalue weighted by molar-refractivity contribution is 6.39.